The molecule has 0 radical (unpaired) electrons. The van der Waals surface area contributed by atoms with E-state index in [9.17, 15) is 0 Å². The molecule has 0 atom stereocenters. The van der Waals surface area contributed by atoms with Crippen LogP contribution >= 0.6 is 0 Å². The summed E-state index contributed by atoms with van der Waals surface area (Å²) in [6, 6.07) is 0. The van der Waals surface area contributed by atoms with Crippen LogP contribution in [0, 0.1) is 23.2 Å². The van der Waals surface area contributed by atoms with Crippen LogP contribution in [-0.2, 0) is 0 Å². The summed E-state index contributed by atoms with van der Waals surface area (Å²) in [6.45, 7) is 2.31. The second-order valence-corrected chi connectivity index (χ2v) is 9.00. The van der Waals surface area contributed by atoms with Gasteiger partial charge in [-0.25, -0.2) is 0 Å². The van der Waals surface area contributed by atoms with Gasteiger partial charge in [-0.15, -0.1) is 0 Å². The van der Waals surface area contributed by atoms with Crippen molar-refractivity contribution in [3.05, 3.63) is 0 Å². The standard InChI is InChI=1S/C21H38/c1-2-3-4-5-6-7-8-9-10-11-21-15-18-12-19(16-21)14-20(13-18)17-21/h18-20H,2-17H2,1H3. The molecular weight excluding hydrogens is 252 g/mol. The summed E-state index contributed by atoms with van der Waals surface area (Å²) >= 11 is 0. The van der Waals surface area contributed by atoms with Crippen LogP contribution in [0.4, 0.5) is 0 Å². The Hall–Kier alpha value is 0. The van der Waals surface area contributed by atoms with Crippen molar-refractivity contribution in [3.63, 3.8) is 0 Å². The maximum absolute atomic E-state index is 2.31. The highest BCUT2D eigenvalue weighted by Gasteiger charge is 2.50. The first-order valence-corrected chi connectivity index (χ1v) is 10.3. The lowest BCUT2D eigenvalue weighted by atomic mass is 9.48. The molecule has 0 N–H and O–H groups in total. The topological polar surface area (TPSA) is 0 Å². The lowest BCUT2D eigenvalue weighted by molar-refractivity contribution is -0.0583. The molecule has 4 fully saturated rings. The summed E-state index contributed by atoms with van der Waals surface area (Å²) in [5.41, 5.74) is 0.843. The van der Waals surface area contributed by atoms with Gasteiger partial charge >= 0.3 is 0 Å². The molecule has 0 aromatic carbocycles. The number of rotatable bonds is 10. The minimum Gasteiger partial charge on any atom is -0.0654 e. The van der Waals surface area contributed by atoms with Crippen LogP contribution < -0.4 is 0 Å². The molecule has 0 aliphatic heterocycles. The van der Waals surface area contributed by atoms with E-state index in [1.807, 2.05) is 0 Å². The molecule has 0 amide bonds. The van der Waals surface area contributed by atoms with Gasteiger partial charge in [-0.1, -0.05) is 64.7 Å². The van der Waals surface area contributed by atoms with Gasteiger partial charge < -0.3 is 0 Å². The van der Waals surface area contributed by atoms with Crippen molar-refractivity contribution in [1.82, 2.24) is 0 Å². The minimum atomic E-state index is 0.843. The summed E-state index contributed by atoms with van der Waals surface area (Å²) in [6.07, 6.45) is 24.7. The summed E-state index contributed by atoms with van der Waals surface area (Å²) in [5.74, 6) is 3.44. The van der Waals surface area contributed by atoms with Gasteiger partial charge in [-0.05, 0) is 68.1 Å². The molecule has 0 unspecified atom stereocenters. The largest absolute Gasteiger partial charge is 0.0654 e. The summed E-state index contributed by atoms with van der Waals surface area (Å²) in [7, 11) is 0. The van der Waals surface area contributed by atoms with Gasteiger partial charge in [0.1, 0.15) is 0 Å². The van der Waals surface area contributed by atoms with E-state index in [4.69, 9.17) is 0 Å². The van der Waals surface area contributed by atoms with Crippen molar-refractivity contribution < 1.29 is 0 Å². The normalized spacial score (nSPS) is 37.3. The third-order valence-corrected chi connectivity index (χ3v) is 6.98. The van der Waals surface area contributed by atoms with E-state index in [0.717, 1.165) is 23.2 Å². The van der Waals surface area contributed by atoms with Gasteiger partial charge in [0.25, 0.3) is 0 Å². The molecule has 4 saturated carbocycles. The van der Waals surface area contributed by atoms with E-state index in [1.54, 1.807) is 51.4 Å². The Morgan fingerprint density at radius 1 is 0.619 bits per heavy atom. The molecule has 4 bridgehead atoms. The van der Waals surface area contributed by atoms with Gasteiger partial charge in [0.2, 0.25) is 0 Å². The highest BCUT2D eigenvalue weighted by molar-refractivity contribution is 5.01. The zero-order chi connectivity index (χ0) is 14.5. The molecule has 0 aromatic heterocycles. The Balaban J connectivity index is 1.26. The third-order valence-electron chi connectivity index (χ3n) is 6.98. The van der Waals surface area contributed by atoms with E-state index < -0.39 is 0 Å². The molecule has 4 aliphatic rings. The van der Waals surface area contributed by atoms with E-state index in [0.29, 0.717) is 0 Å². The molecular formula is C21H38. The molecule has 0 heteroatoms. The molecule has 21 heavy (non-hydrogen) atoms. The van der Waals surface area contributed by atoms with Crippen LogP contribution in [0.25, 0.3) is 0 Å². The maximum atomic E-state index is 2.31. The lowest BCUT2D eigenvalue weighted by Gasteiger charge is -2.57. The predicted molar refractivity (Wildman–Crippen MR) is 92.4 cm³/mol. The Morgan fingerprint density at radius 2 is 1.05 bits per heavy atom. The van der Waals surface area contributed by atoms with E-state index in [-0.39, 0.29) is 0 Å². The highest BCUT2D eigenvalue weighted by atomic mass is 14.5. The van der Waals surface area contributed by atoms with Crippen LogP contribution in [0.2, 0.25) is 0 Å². The van der Waals surface area contributed by atoms with E-state index in [1.165, 1.54) is 51.4 Å². The molecule has 0 heterocycles. The average Bonchev–Trinajstić information content (AvgIpc) is 2.44. The van der Waals surface area contributed by atoms with Gasteiger partial charge in [0.05, 0.1) is 0 Å². The SMILES string of the molecule is CCCCCCCCCCCC12CC3CC(CC(C3)C1)C2. The Labute approximate surface area is 133 Å². The highest BCUT2D eigenvalue weighted by Crippen LogP contribution is 2.61. The van der Waals surface area contributed by atoms with Crippen molar-refractivity contribution in [2.75, 3.05) is 0 Å². The maximum Gasteiger partial charge on any atom is -0.0290 e. The van der Waals surface area contributed by atoms with Crippen molar-refractivity contribution in [3.8, 4) is 0 Å². The van der Waals surface area contributed by atoms with Crippen LogP contribution in [0.3, 0.4) is 0 Å². The molecule has 0 nitrogen and oxygen atoms in total. The van der Waals surface area contributed by atoms with Gasteiger partial charge in [0, 0.05) is 0 Å². The van der Waals surface area contributed by atoms with E-state index in [2.05, 4.69) is 6.92 Å². The van der Waals surface area contributed by atoms with Gasteiger partial charge in [-0.3, -0.25) is 0 Å². The van der Waals surface area contributed by atoms with Crippen LogP contribution in [0.1, 0.15) is 110 Å². The summed E-state index contributed by atoms with van der Waals surface area (Å²) in [5, 5.41) is 0. The van der Waals surface area contributed by atoms with Gasteiger partial charge in [0.15, 0.2) is 0 Å². The van der Waals surface area contributed by atoms with Crippen molar-refractivity contribution in [2.24, 2.45) is 23.2 Å². The van der Waals surface area contributed by atoms with Crippen molar-refractivity contribution >= 4 is 0 Å². The number of hydrogen-bond acceptors (Lipinski definition) is 0. The Morgan fingerprint density at radius 3 is 1.52 bits per heavy atom. The molecule has 4 rings (SSSR count). The second-order valence-electron chi connectivity index (χ2n) is 9.00. The third kappa shape index (κ3) is 4.26. The van der Waals surface area contributed by atoms with E-state index >= 15 is 0 Å². The van der Waals surface area contributed by atoms with Crippen LogP contribution in [0.15, 0.2) is 0 Å². The molecule has 0 saturated heterocycles. The zero-order valence-electron chi connectivity index (χ0n) is 14.5. The quantitative estimate of drug-likeness (QED) is 0.376. The van der Waals surface area contributed by atoms with Crippen LogP contribution in [-0.4, -0.2) is 0 Å². The summed E-state index contributed by atoms with van der Waals surface area (Å²) in [4.78, 5) is 0. The molecule has 0 spiro atoms. The minimum absolute atomic E-state index is 0.843. The molecule has 4 aliphatic carbocycles. The second kappa shape index (κ2) is 7.51. The van der Waals surface area contributed by atoms with Crippen molar-refractivity contribution in [1.29, 1.82) is 0 Å². The first-order valence-electron chi connectivity index (χ1n) is 10.3. The first-order chi connectivity index (χ1) is 10.3. The fourth-order valence-corrected chi connectivity index (χ4v) is 6.41. The number of unbranched alkanes of at least 4 members (excludes halogenated alkanes) is 8. The molecule has 0 aromatic rings. The lowest BCUT2D eigenvalue weighted by Crippen LogP contribution is -2.45. The Bertz CT molecular complexity index is 268. The number of hydrogen-bond donors (Lipinski definition) is 0. The average molecular weight is 291 g/mol. The van der Waals surface area contributed by atoms with Crippen molar-refractivity contribution in [2.45, 2.75) is 110 Å². The van der Waals surface area contributed by atoms with Crippen LogP contribution in [0.5, 0.6) is 0 Å². The smallest absolute Gasteiger partial charge is 0.0290 e. The van der Waals surface area contributed by atoms with Gasteiger partial charge in [-0.2, -0.15) is 0 Å². The fraction of sp³-hybridized carbons (Fsp3) is 1.00. The monoisotopic (exact) mass is 290 g/mol. The zero-order valence-corrected chi connectivity index (χ0v) is 14.5. The molecule has 122 valence electrons. The Kier molecular flexibility index (Phi) is 5.68. The summed E-state index contributed by atoms with van der Waals surface area (Å²) < 4.78 is 0. The first kappa shape index (κ1) is 15.9. The predicted octanol–water partition coefficient (Wildman–Crippen LogP) is 7.12. The fourth-order valence-electron chi connectivity index (χ4n) is 6.41.